The summed E-state index contributed by atoms with van der Waals surface area (Å²) in [6.45, 7) is 2.09. The van der Waals surface area contributed by atoms with Crippen LogP contribution < -0.4 is 4.74 Å². The molecule has 0 aliphatic carbocycles. The molecule has 1 aliphatic rings. The predicted molar refractivity (Wildman–Crippen MR) is 82.8 cm³/mol. The van der Waals surface area contributed by atoms with Gasteiger partial charge in [0.05, 0.1) is 5.57 Å². The van der Waals surface area contributed by atoms with Crippen molar-refractivity contribution >= 4 is 23.8 Å². The van der Waals surface area contributed by atoms with Crippen LogP contribution in [0.5, 0.6) is 5.75 Å². The maximum Gasteiger partial charge on any atom is 0.430 e. The Kier molecular flexibility index (Phi) is 5.62. The Balaban J connectivity index is 2.32. The standard InChI is InChI=1S/C16H17F3O3S/c1-2-3-4-8-23-13-7-5-6-12-10(13)9-11(15(20)21)14(22-12)16(17,18)19/h5-7,9,14H,2-4,8H2,1H3,(H,20,21). The lowest BCUT2D eigenvalue weighted by Gasteiger charge is -2.27. The lowest BCUT2D eigenvalue weighted by atomic mass is 10.0. The molecule has 0 radical (unpaired) electrons. The van der Waals surface area contributed by atoms with Crippen molar-refractivity contribution in [2.24, 2.45) is 0 Å². The number of hydrogen-bond donors (Lipinski definition) is 1. The zero-order valence-electron chi connectivity index (χ0n) is 12.5. The lowest BCUT2D eigenvalue weighted by Crippen LogP contribution is -2.40. The number of aliphatic carboxylic acids is 1. The van der Waals surface area contributed by atoms with Gasteiger partial charge in [-0.2, -0.15) is 13.2 Å². The van der Waals surface area contributed by atoms with Crippen LogP contribution in [0.2, 0.25) is 0 Å². The quantitative estimate of drug-likeness (QED) is 0.596. The second kappa shape index (κ2) is 7.29. The summed E-state index contributed by atoms with van der Waals surface area (Å²) in [4.78, 5) is 11.9. The van der Waals surface area contributed by atoms with Crippen molar-refractivity contribution in [3.05, 3.63) is 29.3 Å². The Morgan fingerprint density at radius 3 is 2.70 bits per heavy atom. The second-order valence-corrected chi connectivity index (χ2v) is 6.30. The molecular weight excluding hydrogens is 329 g/mol. The number of hydrogen-bond acceptors (Lipinski definition) is 3. The Labute approximate surface area is 136 Å². The highest BCUT2D eigenvalue weighted by Crippen LogP contribution is 2.41. The minimum Gasteiger partial charge on any atom is -0.478 e. The molecule has 23 heavy (non-hydrogen) atoms. The molecule has 1 heterocycles. The highest BCUT2D eigenvalue weighted by atomic mass is 32.2. The van der Waals surface area contributed by atoms with E-state index in [-0.39, 0.29) is 5.75 Å². The van der Waals surface area contributed by atoms with E-state index in [9.17, 15) is 18.0 Å². The van der Waals surface area contributed by atoms with Gasteiger partial charge in [-0.05, 0) is 30.4 Å². The van der Waals surface area contributed by atoms with E-state index in [2.05, 4.69) is 6.92 Å². The Morgan fingerprint density at radius 1 is 1.35 bits per heavy atom. The van der Waals surface area contributed by atoms with E-state index >= 15 is 0 Å². The van der Waals surface area contributed by atoms with Crippen molar-refractivity contribution in [3.8, 4) is 5.75 Å². The number of rotatable bonds is 6. The van der Waals surface area contributed by atoms with Crippen LogP contribution in [0.15, 0.2) is 28.7 Å². The summed E-state index contributed by atoms with van der Waals surface area (Å²) in [5, 5.41) is 9.08. The average molecular weight is 346 g/mol. The number of ether oxygens (including phenoxy) is 1. The number of benzene rings is 1. The van der Waals surface area contributed by atoms with Crippen LogP contribution in [-0.2, 0) is 4.79 Å². The first-order valence-corrected chi connectivity index (χ1v) is 8.27. The molecule has 3 nitrogen and oxygen atoms in total. The van der Waals surface area contributed by atoms with Gasteiger partial charge in [-0.15, -0.1) is 11.8 Å². The summed E-state index contributed by atoms with van der Waals surface area (Å²) in [5.74, 6) is -0.731. The molecule has 0 saturated heterocycles. The number of alkyl halides is 3. The largest absolute Gasteiger partial charge is 0.478 e. The van der Waals surface area contributed by atoms with Crippen LogP contribution in [0.25, 0.3) is 6.08 Å². The van der Waals surface area contributed by atoms with Crippen LogP contribution in [-0.4, -0.2) is 29.1 Å². The van der Waals surface area contributed by atoms with Crippen molar-refractivity contribution in [2.75, 3.05) is 5.75 Å². The Hall–Kier alpha value is -1.63. The fourth-order valence-electron chi connectivity index (χ4n) is 2.27. The SMILES string of the molecule is CCCCCSc1cccc2c1C=C(C(=O)O)C(C(F)(F)F)O2. The topological polar surface area (TPSA) is 46.5 Å². The molecule has 2 rings (SSSR count). The number of carboxylic acids is 1. The third-order valence-electron chi connectivity index (χ3n) is 3.40. The highest BCUT2D eigenvalue weighted by molar-refractivity contribution is 7.99. The first-order valence-electron chi connectivity index (χ1n) is 7.28. The fraction of sp³-hybridized carbons (Fsp3) is 0.438. The molecule has 1 aromatic rings. The Morgan fingerprint density at radius 2 is 2.09 bits per heavy atom. The van der Waals surface area contributed by atoms with Gasteiger partial charge in [-0.3, -0.25) is 0 Å². The van der Waals surface area contributed by atoms with Gasteiger partial charge in [-0.25, -0.2) is 4.79 Å². The molecule has 0 spiro atoms. The summed E-state index contributed by atoms with van der Waals surface area (Å²) >= 11 is 1.50. The van der Waals surface area contributed by atoms with E-state index in [1.165, 1.54) is 17.8 Å². The normalized spacial score (nSPS) is 17.2. The van der Waals surface area contributed by atoms with E-state index in [0.717, 1.165) is 36.0 Å². The summed E-state index contributed by atoms with van der Waals surface area (Å²) in [5.41, 5.74) is -0.376. The van der Waals surface area contributed by atoms with Gasteiger partial charge < -0.3 is 9.84 Å². The van der Waals surface area contributed by atoms with E-state index < -0.39 is 23.8 Å². The molecule has 1 N–H and O–H groups in total. The van der Waals surface area contributed by atoms with Gasteiger partial charge in [0.25, 0.3) is 0 Å². The summed E-state index contributed by atoms with van der Waals surface area (Å²) in [6.07, 6.45) is -2.98. The van der Waals surface area contributed by atoms with Crippen molar-refractivity contribution in [1.29, 1.82) is 0 Å². The molecular formula is C16H17F3O3S. The van der Waals surface area contributed by atoms with Gasteiger partial charge in [0.15, 0.2) is 0 Å². The number of carboxylic acid groups (broad SMARTS) is 1. The number of carbonyl (C=O) groups is 1. The van der Waals surface area contributed by atoms with E-state index in [1.807, 2.05) is 0 Å². The van der Waals surface area contributed by atoms with Crippen LogP contribution >= 0.6 is 11.8 Å². The van der Waals surface area contributed by atoms with Crippen molar-refractivity contribution in [2.45, 2.75) is 43.4 Å². The smallest absolute Gasteiger partial charge is 0.430 e. The zero-order valence-corrected chi connectivity index (χ0v) is 13.3. The number of fused-ring (bicyclic) bond motifs is 1. The number of halogens is 3. The molecule has 0 aromatic heterocycles. The van der Waals surface area contributed by atoms with Crippen LogP contribution in [0.1, 0.15) is 31.7 Å². The molecule has 0 saturated carbocycles. The van der Waals surface area contributed by atoms with E-state index in [1.54, 1.807) is 12.1 Å². The molecule has 1 aromatic carbocycles. The number of thioether (sulfide) groups is 1. The first kappa shape index (κ1) is 17.7. The maximum absolute atomic E-state index is 13.0. The molecule has 1 aliphatic heterocycles. The van der Waals surface area contributed by atoms with Crippen molar-refractivity contribution in [3.63, 3.8) is 0 Å². The number of unbranched alkanes of at least 4 members (excludes halogenated alkanes) is 2. The third kappa shape index (κ3) is 4.22. The molecule has 0 amide bonds. The highest BCUT2D eigenvalue weighted by Gasteiger charge is 2.48. The van der Waals surface area contributed by atoms with E-state index in [4.69, 9.17) is 9.84 Å². The molecule has 1 unspecified atom stereocenters. The molecule has 7 heteroatoms. The minimum absolute atomic E-state index is 0.0674. The maximum atomic E-state index is 13.0. The lowest BCUT2D eigenvalue weighted by molar-refractivity contribution is -0.187. The van der Waals surface area contributed by atoms with Crippen LogP contribution in [0.4, 0.5) is 13.2 Å². The van der Waals surface area contributed by atoms with Crippen molar-refractivity contribution in [1.82, 2.24) is 0 Å². The summed E-state index contributed by atoms with van der Waals surface area (Å²) < 4.78 is 43.9. The summed E-state index contributed by atoms with van der Waals surface area (Å²) in [6, 6.07) is 4.82. The van der Waals surface area contributed by atoms with Gasteiger partial charge in [0.1, 0.15) is 5.75 Å². The molecule has 126 valence electrons. The van der Waals surface area contributed by atoms with Gasteiger partial charge >= 0.3 is 12.1 Å². The second-order valence-electron chi connectivity index (χ2n) is 5.17. The van der Waals surface area contributed by atoms with Gasteiger partial charge in [0, 0.05) is 10.5 Å². The van der Waals surface area contributed by atoms with Crippen molar-refractivity contribution < 1.29 is 27.8 Å². The monoisotopic (exact) mass is 346 g/mol. The third-order valence-corrected chi connectivity index (χ3v) is 4.56. The van der Waals surface area contributed by atoms with Crippen LogP contribution in [0, 0.1) is 0 Å². The molecule has 1 atom stereocenters. The van der Waals surface area contributed by atoms with E-state index in [0.29, 0.717) is 5.56 Å². The zero-order chi connectivity index (χ0) is 17.0. The van der Waals surface area contributed by atoms with Gasteiger partial charge in [0.2, 0.25) is 6.10 Å². The van der Waals surface area contributed by atoms with Crippen LogP contribution in [0.3, 0.4) is 0 Å². The minimum atomic E-state index is -4.77. The molecule has 0 fully saturated rings. The summed E-state index contributed by atoms with van der Waals surface area (Å²) in [7, 11) is 0. The first-order chi connectivity index (χ1) is 10.8. The van der Waals surface area contributed by atoms with Gasteiger partial charge in [-0.1, -0.05) is 25.8 Å². The predicted octanol–water partition coefficient (Wildman–Crippen LogP) is 4.76. The Bertz CT molecular complexity index is 611. The molecule has 0 bridgehead atoms. The fourth-order valence-corrected chi connectivity index (χ4v) is 3.33. The average Bonchev–Trinajstić information content (AvgIpc) is 2.49.